The number of hydrogen-bond acceptors (Lipinski definition) is 6. The molecule has 1 aliphatic rings. The molecular formula is C23H43NO6. The molecule has 0 saturated carbocycles. The molecule has 1 saturated heterocycles. The minimum atomic E-state index is -1.71. The van der Waals surface area contributed by atoms with Crippen LogP contribution in [0.3, 0.4) is 0 Å². The van der Waals surface area contributed by atoms with Crippen LogP contribution in [0.1, 0.15) is 103 Å². The van der Waals surface area contributed by atoms with Gasteiger partial charge in [0.15, 0.2) is 18.3 Å². The van der Waals surface area contributed by atoms with Crippen molar-refractivity contribution < 1.29 is 29.6 Å². The molecule has 4 atom stereocenters. The fraction of sp³-hybridized carbons (Fsp3) is 0.913. The van der Waals surface area contributed by atoms with Crippen molar-refractivity contribution in [2.75, 3.05) is 6.54 Å². The number of hydrogen-bond donors (Lipinski definition) is 4. The van der Waals surface area contributed by atoms with E-state index in [2.05, 4.69) is 17.0 Å². The maximum Gasteiger partial charge on any atom is 0.338 e. The largest absolute Gasteiger partial charge is 0.454 e. The van der Waals surface area contributed by atoms with Gasteiger partial charge in [-0.1, -0.05) is 96.8 Å². The number of esters is 1. The number of cyclic esters (lactones) is 1. The summed E-state index contributed by atoms with van der Waals surface area (Å²) in [6, 6.07) is 0. The third-order valence-corrected chi connectivity index (χ3v) is 5.81. The highest BCUT2D eigenvalue weighted by atomic mass is 16.6. The summed E-state index contributed by atoms with van der Waals surface area (Å²) in [6.07, 6.45) is 12.6. The number of aliphatic hydroxyl groups is 3. The van der Waals surface area contributed by atoms with Gasteiger partial charge in [0.2, 0.25) is 0 Å². The first kappa shape index (κ1) is 26.9. The number of carbonyl (C=O) groups excluding carboxylic acids is 2. The Hall–Kier alpha value is -1.18. The molecule has 0 radical (unpaired) electrons. The maximum absolute atomic E-state index is 11.9. The average Bonchev–Trinajstić information content (AvgIpc) is 3.00. The molecule has 0 aromatic heterocycles. The summed E-state index contributed by atoms with van der Waals surface area (Å²) in [5, 5.41) is 31.4. The molecule has 1 heterocycles. The first-order valence-electron chi connectivity index (χ1n) is 12.0. The lowest BCUT2D eigenvalue weighted by Crippen LogP contribution is -2.47. The summed E-state index contributed by atoms with van der Waals surface area (Å²) in [4.78, 5) is 23.1. The Labute approximate surface area is 181 Å². The van der Waals surface area contributed by atoms with Gasteiger partial charge in [-0.25, -0.2) is 4.79 Å². The van der Waals surface area contributed by atoms with E-state index in [1.807, 2.05) is 0 Å². The van der Waals surface area contributed by atoms with Gasteiger partial charge in [0.1, 0.15) is 6.10 Å². The molecule has 0 aromatic rings. The van der Waals surface area contributed by atoms with Crippen LogP contribution in [0.2, 0.25) is 0 Å². The van der Waals surface area contributed by atoms with Crippen LogP contribution in [0.25, 0.3) is 0 Å². The van der Waals surface area contributed by atoms with E-state index in [0.29, 0.717) is 6.54 Å². The van der Waals surface area contributed by atoms with E-state index in [0.717, 1.165) is 19.3 Å². The molecule has 1 fully saturated rings. The van der Waals surface area contributed by atoms with E-state index in [9.17, 15) is 24.9 Å². The van der Waals surface area contributed by atoms with Crippen LogP contribution < -0.4 is 5.32 Å². The molecule has 4 N–H and O–H groups in total. The van der Waals surface area contributed by atoms with Crippen LogP contribution in [0.15, 0.2) is 0 Å². The third-order valence-electron chi connectivity index (χ3n) is 5.81. The fourth-order valence-electron chi connectivity index (χ4n) is 3.81. The quantitative estimate of drug-likeness (QED) is 0.197. The van der Waals surface area contributed by atoms with Gasteiger partial charge < -0.3 is 25.4 Å². The molecule has 1 unspecified atom stereocenters. The predicted octanol–water partition coefficient (Wildman–Crippen LogP) is 2.98. The summed E-state index contributed by atoms with van der Waals surface area (Å²) in [5.41, 5.74) is 0. The molecule has 1 aliphatic heterocycles. The Morgan fingerprint density at radius 1 is 0.867 bits per heavy atom. The number of ether oxygens (including phenoxy) is 1. The molecule has 0 bridgehead atoms. The summed E-state index contributed by atoms with van der Waals surface area (Å²) < 4.78 is 4.65. The minimum Gasteiger partial charge on any atom is -0.454 e. The highest BCUT2D eigenvalue weighted by molar-refractivity contribution is 5.84. The Morgan fingerprint density at radius 3 is 1.70 bits per heavy atom. The molecule has 30 heavy (non-hydrogen) atoms. The average molecular weight is 430 g/mol. The van der Waals surface area contributed by atoms with Gasteiger partial charge in [0.25, 0.3) is 5.91 Å². The number of unbranched alkanes of at least 4 members (excludes halogenated alkanes) is 14. The second-order valence-electron chi connectivity index (χ2n) is 8.52. The van der Waals surface area contributed by atoms with Gasteiger partial charge in [0.05, 0.1) is 0 Å². The van der Waals surface area contributed by atoms with Gasteiger partial charge in [-0.15, -0.1) is 0 Å². The van der Waals surface area contributed by atoms with Gasteiger partial charge >= 0.3 is 5.97 Å². The van der Waals surface area contributed by atoms with Crippen molar-refractivity contribution in [2.45, 2.75) is 128 Å². The van der Waals surface area contributed by atoms with Crippen molar-refractivity contribution in [2.24, 2.45) is 0 Å². The van der Waals surface area contributed by atoms with Crippen LogP contribution in [-0.4, -0.2) is 58.2 Å². The molecule has 7 heteroatoms. The summed E-state index contributed by atoms with van der Waals surface area (Å²) in [5.74, 6) is -1.73. The van der Waals surface area contributed by atoms with Crippen LogP contribution in [0.5, 0.6) is 0 Å². The van der Waals surface area contributed by atoms with Gasteiger partial charge in [-0.3, -0.25) is 4.79 Å². The number of carbonyl (C=O) groups is 2. The minimum absolute atomic E-state index is 0.424. The molecule has 7 nitrogen and oxygen atoms in total. The topological polar surface area (TPSA) is 116 Å². The van der Waals surface area contributed by atoms with Crippen molar-refractivity contribution in [3.63, 3.8) is 0 Å². The number of rotatable bonds is 18. The summed E-state index contributed by atoms with van der Waals surface area (Å²) in [7, 11) is 0. The molecule has 0 spiro atoms. The summed E-state index contributed by atoms with van der Waals surface area (Å²) in [6.45, 7) is 2.68. The Balaban J connectivity index is 1.88. The van der Waals surface area contributed by atoms with Crippen LogP contribution in [0, 0.1) is 0 Å². The zero-order valence-corrected chi connectivity index (χ0v) is 18.7. The highest BCUT2D eigenvalue weighted by Crippen LogP contribution is 2.19. The van der Waals surface area contributed by atoms with E-state index in [1.165, 1.54) is 77.0 Å². The zero-order chi connectivity index (χ0) is 22.2. The SMILES string of the molecule is CCCCCCCCCCCCCCCCCNC(=O)C(O)[C@H]1OC(=O)[C@@H](O)[C@H]1O. The van der Waals surface area contributed by atoms with E-state index in [4.69, 9.17) is 0 Å². The third kappa shape index (κ3) is 10.7. The van der Waals surface area contributed by atoms with Crippen molar-refractivity contribution >= 4 is 11.9 Å². The van der Waals surface area contributed by atoms with Crippen molar-refractivity contribution in [3.8, 4) is 0 Å². The van der Waals surface area contributed by atoms with E-state index in [1.54, 1.807) is 0 Å². The van der Waals surface area contributed by atoms with Crippen LogP contribution in [0.4, 0.5) is 0 Å². The zero-order valence-electron chi connectivity index (χ0n) is 18.7. The molecule has 0 aliphatic carbocycles. The Kier molecular flexibility index (Phi) is 14.8. The molecule has 0 aromatic carbocycles. The summed E-state index contributed by atoms with van der Waals surface area (Å²) >= 11 is 0. The van der Waals surface area contributed by atoms with Crippen molar-refractivity contribution in [3.05, 3.63) is 0 Å². The number of aliphatic hydroxyl groups excluding tert-OH is 3. The van der Waals surface area contributed by atoms with Crippen LogP contribution >= 0.6 is 0 Å². The molecule has 1 rings (SSSR count). The van der Waals surface area contributed by atoms with Crippen molar-refractivity contribution in [1.82, 2.24) is 5.32 Å². The molecule has 1 amide bonds. The fourth-order valence-corrected chi connectivity index (χ4v) is 3.81. The van der Waals surface area contributed by atoms with Gasteiger partial charge in [-0.2, -0.15) is 0 Å². The highest BCUT2D eigenvalue weighted by Gasteiger charge is 2.48. The Morgan fingerprint density at radius 2 is 1.30 bits per heavy atom. The second-order valence-corrected chi connectivity index (χ2v) is 8.52. The first-order chi connectivity index (χ1) is 14.5. The Bertz CT molecular complexity index is 473. The monoisotopic (exact) mass is 429 g/mol. The van der Waals surface area contributed by atoms with E-state index in [-0.39, 0.29) is 0 Å². The number of nitrogens with one attached hydrogen (secondary N) is 1. The predicted molar refractivity (Wildman–Crippen MR) is 116 cm³/mol. The first-order valence-corrected chi connectivity index (χ1v) is 12.0. The van der Waals surface area contributed by atoms with Crippen LogP contribution in [-0.2, 0) is 14.3 Å². The lowest BCUT2D eigenvalue weighted by Gasteiger charge is -2.19. The lowest BCUT2D eigenvalue weighted by atomic mass is 10.0. The second kappa shape index (κ2) is 16.5. The smallest absolute Gasteiger partial charge is 0.338 e. The molecular weight excluding hydrogens is 386 g/mol. The molecule has 176 valence electrons. The van der Waals surface area contributed by atoms with Crippen molar-refractivity contribution in [1.29, 1.82) is 0 Å². The van der Waals surface area contributed by atoms with Gasteiger partial charge in [0, 0.05) is 6.54 Å². The van der Waals surface area contributed by atoms with Gasteiger partial charge in [-0.05, 0) is 6.42 Å². The standard InChI is InChI=1S/C23H43NO6/c1-2-3-4-5-6-7-8-9-10-11-12-13-14-15-16-17-24-22(28)20(27)21-18(25)19(26)23(29)30-21/h18-21,25-27H,2-17H2,1H3,(H,24,28)/t18-,19+,20?,21+/m1/s1. The number of amides is 1. The van der Waals surface area contributed by atoms with E-state index < -0.39 is 36.3 Å². The van der Waals surface area contributed by atoms with E-state index >= 15 is 0 Å². The lowest BCUT2D eigenvalue weighted by molar-refractivity contribution is -0.153. The normalized spacial score (nSPS) is 22.1. The maximum atomic E-state index is 11.9.